The van der Waals surface area contributed by atoms with Crippen LogP contribution in [0.25, 0.3) is 0 Å². The van der Waals surface area contributed by atoms with Crippen molar-refractivity contribution in [2.24, 2.45) is 0 Å². The lowest BCUT2D eigenvalue weighted by Gasteiger charge is -2.15. The normalized spacial score (nSPS) is 18.1. The molecule has 0 aromatic heterocycles. The van der Waals surface area contributed by atoms with Crippen molar-refractivity contribution in [2.75, 3.05) is 18.4 Å². The number of nitrogens with zero attached hydrogens (tertiary/aromatic N) is 1. The van der Waals surface area contributed by atoms with Crippen LogP contribution < -0.4 is 5.32 Å². The summed E-state index contributed by atoms with van der Waals surface area (Å²) in [5, 5.41) is 13.1. The summed E-state index contributed by atoms with van der Waals surface area (Å²) in [7, 11) is 0. The minimum Gasteiger partial charge on any atom is -0.392 e. The SMILES string of the molecule is O=C(Nc1cccc(CN2CC[C@H](O)C2)c1)c1ccc(Cl)cc1. The molecule has 23 heavy (non-hydrogen) atoms. The smallest absolute Gasteiger partial charge is 0.255 e. The number of aliphatic hydroxyl groups excluding tert-OH is 1. The van der Waals surface area contributed by atoms with Crippen LogP contribution in [0.3, 0.4) is 0 Å². The molecular weight excluding hydrogens is 312 g/mol. The summed E-state index contributed by atoms with van der Waals surface area (Å²) in [5.41, 5.74) is 2.46. The highest BCUT2D eigenvalue weighted by atomic mass is 35.5. The van der Waals surface area contributed by atoms with E-state index in [2.05, 4.69) is 10.2 Å². The fourth-order valence-electron chi connectivity index (χ4n) is 2.77. The number of halogens is 1. The number of benzene rings is 2. The highest BCUT2D eigenvalue weighted by Crippen LogP contribution is 2.17. The van der Waals surface area contributed by atoms with Crippen molar-refractivity contribution in [1.82, 2.24) is 4.90 Å². The molecule has 2 N–H and O–H groups in total. The zero-order valence-corrected chi connectivity index (χ0v) is 13.5. The molecule has 0 unspecified atom stereocenters. The number of likely N-dealkylation sites (tertiary alicyclic amines) is 1. The molecule has 1 saturated heterocycles. The summed E-state index contributed by atoms with van der Waals surface area (Å²) >= 11 is 5.83. The van der Waals surface area contributed by atoms with Gasteiger partial charge in [0.15, 0.2) is 0 Å². The molecule has 5 heteroatoms. The molecule has 3 rings (SSSR count). The van der Waals surface area contributed by atoms with E-state index < -0.39 is 0 Å². The molecule has 1 fully saturated rings. The number of β-amino-alcohol motifs (C(OH)–C–C–N with tert-alkyl or cyclic N) is 1. The van der Waals surface area contributed by atoms with E-state index in [9.17, 15) is 9.90 Å². The molecule has 120 valence electrons. The van der Waals surface area contributed by atoms with Crippen LogP contribution in [0.5, 0.6) is 0 Å². The summed E-state index contributed by atoms with van der Waals surface area (Å²) in [5.74, 6) is -0.157. The Morgan fingerprint density at radius 2 is 2.04 bits per heavy atom. The van der Waals surface area contributed by atoms with Crippen LogP contribution in [0.1, 0.15) is 22.3 Å². The van der Waals surface area contributed by atoms with Gasteiger partial charge in [0.1, 0.15) is 0 Å². The predicted molar refractivity (Wildman–Crippen MR) is 91.7 cm³/mol. The largest absolute Gasteiger partial charge is 0.392 e. The number of hydrogen-bond acceptors (Lipinski definition) is 3. The van der Waals surface area contributed by atoms with Crippen LogP contribution >= 0.6 is 11.6 Å². The molecule has 1 heterocycles. The number of rotatable bonds is 4. The van der Waals surface area contributed by atoms with E-state index in [4.69, 9.17) is 11.6 Å². The molecule has 0 saturated carbocycles. The van der Waals surface area contributed by atoms with E-state index in [-0.39, 0.29) is 12.0 Å². The molecular formula is C18H19ClN2O2. The first kappa shape index (κ1) is 16.0. The molecule has 1 atom stereocenters. The van der Waals surface area contributed by atoms with Crippen LogP contribution in [-0.2, 0) is 6.54 Å². The molecule has 0 radical (unpaired) electrons. The van der Waals surface area contributed by atoms with Crippen molar-refractivity contribution in [3.05, 3.63) is 64.7 Å². The molecule has 1 aliphatic heterocycles. The van der Waals surface area contributed by atoms with Crippen LogP contribution in [0, 0.1) is 0 Å². The highest BCUT2D eigenvalue weighted by Gasteiger charge is 2.20. The second-order valence-corrected chi connectivity index (χ2v) is 6.28. The molecule has 1 amide bonds. The van der Waals surface area contributed by atoms with Crippen molar-refractivity contribution in [1.29, 1.82) is 0 Å². The van der Waals surface area contributed by atoms with E-state index >= 15 is 0 Å². The van der Waals surface area contributed by atoms with Crippen LogP contribution in [0.15, 0.2) is 48.5 Å². The maximum Gasteiger partial charge on any atom is 0.255 e. The van der Waals surface area contributed by atoms with E-state index in [1.54, 1.807) is 24.3 Å². The third kappa shape index (κ3) is 4.32. The first-order valence-corrected chi connectivity index (χ1v) is 8.04. The zero-order valence-electron chi connectivity index (χ0n) is 12.7. The van der Waals surface area contributed by atoms with Gasteiger partial charge >= 0.3 is 0 Å². The van der Waals surface area contributed by atoms with Gasteiger partial charge in [0.05, 0.1) is 6.10 Å². The fraction of sp³-hybridized carbons (Fsp3) is 0.278. The lowest BCUT2D eigenvalue weighted by atomic mass is 10.1. The molecule has 1 aliphatic rings. The van der Waals surface area contributed by atoms with Gasteiger partial charge < -0.3 is 10.4 Å². The summed E-state index contributed by atoms with van der Waals surface area (Å²) in [6, 6.07) is 14.6. The maximum atomic E-state index is 12.2. The number of carbonyl (C=O) groups excluding carboxylic acids is 1. The standard InChI is InChI=1S/C18H19ClN2O2/c19-15-6-4-14(5-7-15)18(23)20-16-3-1-2-13(10-16)11-21-9-8-17(22)12-21/h1-7,10,17,22H,8-9,11-12H2,(H,20,23)/t17-/m0/s1. The van der Waals surface area contributed by atoms with Gasteiger partial charge in [0, 0.05) is 35.9 Å². The Kier molecular flexibility index (Phi) is 4.96. The molecule has 0 aliphatic carbocycles. The Labute approximate surface area is 140 Å². The monoisotopic (exact) mass is 330 g/mol. The number of aliphatic hydroxyl groups is 1. The van der Waals surface area contributed by atoms with Gasteiger partial charge in [-0.1, -0.05) is 23.7 Å². The number of anilines is 1. The van der Waals surface area contributed by atoms with E-state index in [0.29, 0.717) is 17.1 Å². The average Bonchev–Trinajstić information content (AvgIpc) is 2.93. The van der Waals surface area contributed by atoms with Crippen LogP contribution in [0.4, 0.5) is 5.69 Å². The lowest BCUT2D eigenvalue weighted by Crippen LogP contribution is -2.21. The van der Waals surface area contributed by atoms with E-state index in [1.807, 2.05) is 24.3 Å². The topological polar surface area (TPSA) is 52.6 Å². The minimum atomic E-state index is -0.220. The molecule has 2 aromatic carbocycles. The highest BCUT2D eigenvalue weighted by molar-refractivity contribution is 6.30. The number of carbonyl (C=O) groups is 1. The summed E-state index contributed by atoms with van der Waals surface area (Å²) in [6.45, 7) is 2.39. The van der Waals surface area contributed by atoms with Gasteiger partial charge in [-0.05, 0) is 48.4 Å². The second-order valence-electron chi connectivity index (χ2n) is 5.84. The van der Waals surface area contributed by atoms with Crippen molar-refractivity contribution in [3.63, 3.8) is 0 Å². The Balaban J connectivity index is 1.65. The van der Waals surface area contributed by atoms with Gasteiger partial charge in [0.25, 0.3) is 5.91 Å². The number of hydrogen-bond donors (Lipinski definition) is 2. The number of nitrogens with one attached hydrogen (secondary N) is 1. The predicted octanol–water partition coefficient (Wildman–Crippen LogP) is 3.16. The summed E-state index contributed by atoms with van der Waals surface area (Å²) < 4.78 is 0. The van der Waals surface area contributed by atoms with Crippen molar-refractivity contribution >= 4 is 23.2 Å². The second kappa shape index (κ2) is 7.13. The van der Waals surface area contributed by atoms with Crippen molar-refractivity contribution < 1.29 is 9.90 Å². The third-order valence-electron chi connectivity index (χ3n) is 3.94. The Morgan fingerprint density at radius 1 is 1.26 bits per heavy atom. The first-order chi connectivity index (χ1) is 11.1. The zero-order chi connectivity index (χ0) is 16.2. The van der Waals surface area contributed by atoms with Crippen LogP contribution in [-0.4, -0.2) is 35.1 Å². The third-order valence-corrected chi connectivity index (χ3v) is 4.20. The fourth-order valence-corrected chi connectivity index (χ4v) is 2.89. The molecule has 0 bridgehead atoms. The van der Waals surface area contributed by atoms with Gasteiger partial charge in [0.2, 0.25) is 0 Å². The lowest BCUT2D eigenvalue weighted by molar-refractivity contribution is 0.102. The average molecular weight is 331 g/mol. The molecule has 0 spiro atoms. The van der Waals surface area contributed by atoms with Crippen molar-refractivity contribution in [2.45, 2.75) is 19.1 Å². The molecule has 2 aromatic rings. The Hall–Kier alpha value is -1.88. The molecule has 4 nitrogen and oxygen atoms in total. The maximum absolute atomic E-state index is 12.2. The minimum absolute atomic E-state index is 0.157. The first-order valence-electron chi connectivity index (χ1n) is 7.66. The van der Waals surface area contributed by atoms with Crippen molar-refractivity contribution in [3.8, 4) is 0 Å². The van der Waals surface area contributed by atoms with Crippen LogP contribution in [0.2, 0.25) is 5.02 Å². The quantitative estimate of drug-likeness (QED) is 0.905. The summed E-state index contributed by atoms with van der Waals surface area (Å²) in [4.78, 5) is 14.4. The Bertz CT molecular complexity index is 688. The van der Waals surface area contributed by atoms with Gasteiger partial charge in [-0.3, -0.25) is 9.69 Å². The van der Waals surface area contributed by atoms with Gasteiger partial charge in [-0.25, -0.2) is 0 Å². The van der Waals surface area contributed by atoms with E-state index in [1.165, 1.54) is 0 Å². The van der Waals surface area contributed by atoms with E-state index in [0.717, 1.165) is 30.8 Å². The summed E-state index contributed by atoms with van der Waals surface area (Å²) in [6.07, 6.45) is 0.607. The van der Waals surface area contributed by atoms with Gasteiger partial charge in [-0.15, -0.1) is 0 Å². The number of amides is 1. The Morgan fingerprint density at radius 3 is 2.74 bits per heavy atom. The van der Waals surface area contributed by atoms with Gasteiger partial charge in [-0.2, -0.15) is 0 Å².